The zero-order chi connectivity index (χ0) is 22.2. The molecule has 0 radical (unpaired) electrons. The van der Waals surface area contributed by atoms with Crippen molar-refractivity contribution in [2.75, 3.05) is 25.5 Å². The van der Waals surface area contributed by atoms with Crippen molar-refractivity contribution in [2.24, 2.45) is 0 Å². The Kier molecular flexibility index (Phi) is 7.57. The van der Waals surface area contributed by atoms with E-state index in [0.29, 0.717) is 0 Å². The van der Waals surface area contributed by atoms with Gasteiger partial charge < -0.3 is 10.2 Å². The van der Waals surface area contributed by atoms with Gasteiger partial charge in [-0.2, -0.15) is 0 Å². The molecule has 0 aliphatic heterocycles. The molecule has 5 heteroatoms. The fourth-order valence-corrected chi connectivity index (χ4v) is 3.54. The second-order valence-corrected chi connectivity index (χ2v) is 7.70. The van der Waals surface area contributed by atoms with Crippen LogP contribution in [0.4, 0.5) is 5.69 Å². The highest BCUT2D eigenvalue weighted by molar-refractivity contribution is 5.95. The Morgan fingerprint density at radius 1 is 0.806 bits per heavy atom. The van der Waals surface area contributed by atoms with E-state index in [4.69, 9.17) is 0 Å². The van der Waals surface area contributed by atoms with Crippen molar-refractivity contribution in [3.8, 4) is 0 Å². The van der Waals surface area contributed by atoms with E-state index in [1.165, 1.54) is 4.90 Å². The van der Waals surface area contributed by atoms with E-state index in [1.54, 1.807) is 7.05 Å². The van der Waals surface area contributed by atoms with E-state index in [2.05, 4.69) is 10.6 Å². The number of para-hydroxylation sites is 1. The minimum absolute atomic E-state index is 0.00434. The lowest BCUT2D eigenvalue weighted by atomic mass is 9.99. The molecule has 0 saturated carbocycles. The van der Waals surface area contributed by atoms with Gasteiger partial charge in [0.15, 0.2) is 0 Å². The number of carbonyl (C=O) groups excluding carboxylic acids is 2. The van der Waals surface area contributed by atoms with Crippen molar-refractivity contribution >= 4 is 17.5 Å². The minimum Gasteiger partial charge on any atom is -0.335 e. The highest BCUT2D eigenvalue weighted by Crippen LogP contribution is 2.22. The highest BCUT2D eigenvalue weighted by atomic mass is 16.2. The molecule has 0 atom stereocenters. The number of anilines is 1. The number of hydrogen-bond acceptors (Lipinski definition) is 3. The summed E-state index contributed by atoms with van der Waals surface area (Å²) in [5.74, 6) is -0.357. The van der Waals surface area contributed by atoms with Crippen LogP contribution in [0.1, 0.15) is 28.3 Å². The fraction of sp³-hybridized carbons (Fsp3) is 0.231. The van der Waals surface area contributed by atoms with Gasteiger partial charge in [0.05, 0.1) is 19.1 Å². The summed E-state index contributed by atoms with van der Waals surface area (Å²) in [6, 6.07) is 25.8. The molecule has 2 N–H and O–H groups in total. The molecular weight excluding hydrogens is 386 g/mol. The van der Waals surface area contributed by atoms with Crippen molar-refractivity contribution in [1.29, 1.82) is 0 Å². The smallest absolute Gasteiger partial charge is 0.243 e. The van der Waals surface area contributed by atoms with Crippen molar-refractivity contribution in [3.05, 3.63) is 101 Å². The SMILES string of the molecule is Cc1cccc(C)c1NC(=O)CN(C)C(=O)CNC(c1ccccc1)c1ccccc1. The Morgan fingerprint density at radius 2 is 1.32 bits per heavy atom. The summed E-state index contributed by atoms with van der Waals surface area (Å²) >= 11 is 0. The molecule has 31 heavy (non-hydrogen) atoms. The lowest BCUT2D eigenvalue weighted by molar-refractivity contribution is -0.132. The normalized spacial score (nSPS) is 10.7. The number of benzene rings is 3. The summed E-state index contributed by atoms with van der Waals surface area (Å²) in [6.07, 6.45) is 0. The average molecular weight is 416 g/mol. The van der Waals surface area contributed by atoms with Gasteiger partial charge >= 0.3 is 0 Å². The van der Waals surface area contributed by atoms with Gasteiger partial charge in [-0.15, -0.1) is 0 Å². The number of carbonyl (C=O) groups is 2. The van der Waals surface area contributed by atoms with Crippen LogP contribution in [0.2, 0.25) is 0 Å². The van der Waals surface area contributed by atoms with E-state index in [1.807, 2.05) is 92.7 Å². The maximum Gasteiger partial charge on any atom is 0.243 e. The van der Waals surface area contributed by atoms with Crippen LogP contribution in [0.5, 0.6) is 0 Å². The first-order valence-corrected chi connectivity index (χ1v) is 10.4. The van der Waals surface area contributed by atoms with Gasteiger partial charge in [-0.1, -0.05) is 78.9 Å². The molecule has 0 unspecified atom stereocenters. The number of hydrogen-bond donors (Lipinski definition) is 2. The standard InChI is InChI=1S/C26H29N3O2/c1-19-11-10-12-20(2)25(19)28-23(30)18-29(3)24(31)17-27-26(21-13-6-4-7-14-21)22-15-8-5-9-16-22/h4-16,26-27H,17-18H2,1-3H3,(H,28,30). The Balaban J connectivity index is 1.61. The van der Waals surface area contributed by atoms with Gasteiger partial charge in [0, 0.05) is 12.7 Å². The summed E-state index contributed by atoms with van der Waals surface area (Å²) in [5, 5.41) is 6.28. The van der Waals surface area contributed by atoms with Crippen molar-refractivity contribution in [3.63, 3.8) is 0 Å². The van der Waals surface area contributed by atoms with Crippen LogP contribution >= 0.6 is 0 Å². The molecular formula is C26H29N3O2. The third-order valence-electron chi connectivity index (χ3n) is 5.28. The highest BCUT2D eigenvalue weighted by Gasteiger charge is 2.18. The van der Waals surface area contributed by atoms with E-state index in [0.717, 1.165) is 27.9 Å². The number of nitrogens with zero attached hydrogens (tertiary/aromatic N) is 1. The van der Waals surface area contributed by atoms with Gasteiger partial charge in [-0.05, 0) is 36.1 Å². The van der Waals surface area contributed by atoms with E-state index >= 15 is 0 Å². The average Bonchev–Trinajstić information content (AvgIpc) is 2.78. The maximum atomic E-state index is 12.7. The first-order chi connectivity index (χ1) is 15.0. The molecule has 160 valence electrons. The van der Waals surface area contributed by atoms with Crippen LogP contribution in [0.15, 0.2) is 78.9 Å². The molecule has 3 rings (SSSR count). The summed E-state index contributed by atoms with van der Waals surface area (Å²) in [6.45, 7) is 4.03. The quantitative estimate of drug-likeness (QED) is 0.583. The zero-order valence-electron chi connectivity index (χ0n) is 18.3. The number of rotatable bonds is 8. The lowest BCUT2D eigenvalue weighted by Crippen LogP contribution is -2.41. The predicted octanol–water partition coefficient (Wildman–Crippen LogP) is 4.08. The van der Waals surface area contributed by atoms with Crippen LogP contribution in [0.3, 0.4) is 0 Å². The summed E-state index contributed by atoms with van der Waals surface area (Å²) in [7, 11) is 1.65. The Hall–Kier alpha value is -3.44. The Morgan fingerprint density at radius 3 is 1.84 bits per heavy atom. The van der Waals surface area contributed by atoms with Gasteiger partial charge in [-0.25, -0.2) is 0 Å². The Bertz CT molecular complexity index is 960. The summed E-state index contributed by atoms with van der Waals surface area (Å²) < 4.78 is 0. The second-order valence-electron chi connectivity index (χ2n) is 7.70. The third kappa shape index (κ3) is 6.03. The van der Waals surface area contributed by atoms with Gasteiger partial charge in [0.1, 0.15) is 0 Å². The fourth-order valence-electron chi connectivity index (χ4n) is 3.54. The molecule has 3 aromatic rings. The third-order valence-corrected chi connectivity index (χ3v) is 5.28. The van der Waals surface area contributed by atoms with E-state index < -0.39 is 0 Å². The number of aryl methyl sites for hydroxylation is 2. The molecule has 2 amide bonds. The molecule has 0 bridgehead atoms. The lowest BCUT2D eigenvalue weighted by Gasteiger charge is -2.22. The van der Waals surface area contributed by atoms with E-state index in [9.17, 15) is 9.59 Å². The van der Waals surface area contributed by atoms with Crippen LogP contribution in [-0.2, 0) is 9.59 Å². The minimum atomic E-state index is -0.212. The molecule has 5 nitrogen and oxygen atoms in total. The molecule has 0 saturated heterocycles. The molecule has 0 aliphatic carbocycles. The number of likely N-dealkylation sites (N-methyl/N-ethyl adjacent to an activating group) is 1. The van der Waals surface area contributed by atoms with Crippen LogP contribution < -0.4 is 10.6 Å². The van der Waals surface area contributed by atoms with Crippen molar-refractivity contribution in [2.45, 2.75) is 19.9 Å². The first kappa shape index (κ1) is 22.2. The largest absolute Gasteiger partial charge is 0.335 e. The molecule has 0 spiro atoms. The second kappa shape index (κ2) is 10.5. The molecule has 0 aromatic heterocycles. The number of amides is 2. The van der Waals surface area contributed by atoms with Crippen LogP contribution in [0.25, 0.3) is 0 Å². The summed E-state index contributed by atoms with van der Waals surface area (Å²) in [4.78, 5) is 26.7. The molecule has 0 heterocycles. The summed E-state index contributed by atoms with van der Waals surface area (Å²) in [5.41, 5.74) is 4.96. The number of nitrogens with one attached hydrogen (secondary N) is 2. The van der Waals surface area contributed by atoms with Crippen LogP contribution in [-0.4, -0.2) is 36.9 Å². The zero-order valence-corrected chi connectivity index (χ0v) is 18.3. The molecule has 0 aliphatic rings. The van der Waals surface area contributed by atoms with Crippen molar-refractivity contribution < 1.29 is 9.59 Å². The van der Waals surface area contributed by atoms with E-state index in [-0.39, 0.29) is 30.9 Å². The van der Waals surface area contributed by atoms with Crippen molar-refractivity contribution in [1.82, 2.24) is 10.2 Å². The topological polar surface area (TPSA) is 61.4 Å². The first-order valence-electron chi connectivity index (χ1n) is 10.4. The molecule has 0 fully saturated rings. The van der Waals surface area contributed by atoms with Crippen LogP contribution in [0, 0.1) is 13.8 Å². The monoisotopic (exact) mass is 415 g/mol. The Labute approximate surface area is 184 Å². The van der Waals surface area contributed by atoms with Gasteiger partial charge in [0.2, 0.25) is 11.8 Å². The predicted molar refractivity (Wildman–Crippen MR) is 125 cm³/mol. The van der Waals surface area contributed by atoms with Gasteiger partial charge in [0.25, 0.3) is 0 Å². The van der Waals surface area contributed by atoms with Gasteiger partial charge in [-0.3, -0.25) is 14.9 Å². The molecule has 3 aromatic carbocycles. The maximum absolute atomic E-state index is 12.7.